The van der Waals surface area contributed by atoms with Gasteiger partial charge in [0, 0.05) is 52.4 Å². The van der Waals surface area contributed by atoms with Crippen LogP contribution in [-0.2, 0) is 14.8 Å². The lowest BCUT2D eigenvalue weighted by atomic mass is 10.2. The van der Waals surface area contributed by atoms with Crippen LogP contribution >= 0.6 is 0 Å². The van der Waals surface area contributed by atoms with Gasteiger partial charge >= 0.3 is 0 Å². The topological polar surface area (TPSA) is 73.0 Å². The van der Waals surface area contributed by atoms with Gasteiger partial charge in [0.15, 0.2) is 0 Å². The number of carbonyl (C=O) groups excluding carboxylic acids is 1. The monoisotopic (exact) mass is 380 g/mol. The Morgan fingerprint density at radius 1 is 1.00 bits per heavy atom. The largest absolute Gasteiger partial charge is 0.339 e. The van der Waals surface area contributed by atoms with Gasteiger partial charge in [0.25, 0.3) is 0 Å². The van der Waals surface area contributed by atoms with E-state index in [0.29, 0.717) is 31.1 Å². The van der Waals surface area contributed by atoms with Crippen molar-refractivity contribution in [1.82, 2.24) is 19.4 Å². The minimum atomic E-state index is -3.49. The zero-order chi connectivity index (χ0) is 18.7. The summed E-state index contributed by atoms with van der Waals surface area (Å²) in [5, 5.41) is 3.29. The Hall–Kier alpha value is -1.48. The molecule has 2 aliphatic rings. The maximum atomic E-state index is 12.8. The third kappa shape index (κ3) is 4.09. The van der Waals surface area contributed by atoms with Gasteiger partial charge in [0.05, 0.1) is 10.9 Å². The van der Waals surface area contributed by atoms with Crippen molar-refractivity contribution in [2.24, 2.45) is 0 Å². The van der Waals surface area contributed by atoms with Crippen LogP contribution in [0.4, 0.5) is 0 Å². The maximum Gasteiger partial charge on any atom is 0.243 e. The van der Waals surface area contributed by atoms with Crippen LogP contribution in [0.3, 0.4) is 0 Å². The summed E-state index contributed by atoms with van der Waals surface area (Å²) < 4.78 is 27.0. The number of benzene rings is 1. The van der Waals surface area contributed by atoms with Crippen LogP contribution in [0.25, 0.3) is 0 Å². The van der Waals surface area contributed by atoms with Crippen molar-refractivity contribution in [1.29, 1.82) is 0 Å². The number of hydrogen-bond acceptors (Lipinski definition) is 5. The highest BCUT2D eigenvalue weighted by atomic mass is 32.2. The molecule has 1 atom stereocenters. The van der Waals surface area contributed by atoms with Crippen molar-refractivity contribution in [3.63, 3.8) is 0 Å². The fraction of sp³-hybridized carbons (Fsp3) is 0.611. The van der Waals surface area contributed by atoms with Crippen LogP contribution in [-0.4, -0.2) is 86.8 Å². The summed E-state index contributed by atoms with van der Waals surface area (Å²) >= 11 is 0. The molecule has 0 aliphatic carbocycles. The fourth-order valence-electron chi connectivity index (χ4n) is 3.50. The van der Waals surface area contributed by atoms with Gasteiger partial charge in [-0.25, -0.2) is 8.42 Å². The van der Waals surface area contributed by atoms with E-state index in [1.54, 1.807) is 17.0 Å². The molecule has 2 heterocycles. The first-order chi connectivity index (χ1) is 12.4. The van der Waals surface area contributed by atoms with E-state index in [2.05, 4.69) is 10.2 Å². The predicted octanol–water partition coefficient (Wildman–Crippen LogP) is 0.122. The highest BCUT2D eigenvalue weighted by Gasteiger charge is 2.33. The molecular weight excluding hydrogens is 352 g/mol. The summed E-state index contributed by atoms with van der Waals surface area (Å²) in [4.78, 5) is 17.1. The van der Waals surface area contributed by atoms with Gasteiger partial charge in [-0.15, -0.1) is 0 Å². The number of amides is 1. The molecule has 144 valence electrons. The minimum Gasteiger partial charge on any atom is -0.339 e. The number of carbonyl (C=O) groups is 1. The standard InChI is InChI=1S/C18H28N4O3S/c1-15-3-5-17(6-4-15)26(24,25)22-13-11-21(12-14-22)18(23)16(2)20-9-7-19-8-10-20/h3-6,16,19H,7-14H2,1-2H3. The van der Waals surface area contributed by atoms with E-state index in [9.17, 15) is 13.2 Å². The Morgan fingerprint density at radius 3 is 2.15 bits per heavy atom. The molecule has 7 nitrogen and oxygen atoms in total. The molecule has 0 spiro atoms. The third-order valence-electron chi connectivity index (χ3n) is 5.27. The normalized spacial score (nSPS) is 21.5. The molecule has 0 saturated carbocycles. The van der Waals surface area contributed by atoms with Gasteiger partial charge in [0.2, 0.25) is 15.9 Å². The molecule has 2 fully saturated rings. The number of aryl methyl sites for hydroxylation is 1. The molecule has 3 rings (SSSR count). The number of rotatable bonds is 4. The van der Waals surface area contributed by atoms with Crippen LogP contribution < -0.4 is 5.32 Å². The highest BCUT2D eigenvalue weighted by molar-refractivity contribution is 7.89. The van der Waals surface area contributed by atoms with Crippen LogP contribution in [0.1, 0.15) is 12.5 Å². The summed E-state index contributed by atoms with van der Waals surface area (Å²) in [6.07, 6.45) is 0. The summed E-state index contributed by atoms with van der Waals surface area (Å²) in [6.45, 7) is 9.00. The zero-order valence-electron chi connectivity index (χ0n) is 15.5. The molecule has 1 N–H and O–H groups in total. The lowest BCUT2D eigenvalue weighted by Crippen LogP contribution is -2.57. The lowest BCUT2D eigenvalue weighted by Gasteiger charge is -2.38. The van der Waals surface area contributed by atoms with Crippen molar-refractivity contribution >= 4 is 15.9 Å². The first kappa shape index (κ1) is 19.3. The summed E-state index contributed by atoms with van der Waals surface area (Å²) in [5.41, 5.74) is 1.03. The summed E-state index contributed by atoms with van der Waals surface area (Å²) in [6, 6.07) is 6.75. The fourth-order valence-corrected chi connectivity index (χ4v) is 4.92. The van der Waals surface area contributed by atoms with E-state index in [4.69, 9.17) is 0 Å². The predicted molar refractivity (Wildman–Crippen MR) is 100 cm³/mol. The van der Waals surface area contributed by atoms with Gasteiger partial charge in [0.1, 0.15) is 0 Å². The van der Waals surface area contributed by atoms with Crippen molar-refractivity contribution in [2.75, 3.05) is 52.4 Å². The van der Waals surface area contributed by atoms with Crippen molar-refractivity contribution in [3.8, 4) is 0 Å². The molecule has 2 aliphatic heterocycles. The second-order valence-corrected chi connectivity index (χ2v) is 8.94. The van der Waals surface area contributed by atoms with E-state index in [1.165, 1.54) is 4.31 Å². The Labute approximate surface area is 156 Å². The SMILES string of the molecule is Cc1ccc(S(=O)(=O)N2CCN(C(=O)C(C)N3CCNCC3)CC2)cc1. The maximum absolute atomic E-state index is 12.8. The molecule has 0 aromatic heterocycles. The van der Waals surface area contributed by atoms with Gasteiger partial charge in [-0.1, -0.05) is 17.7 Å². The molecule has 8 heteroatoms. The zero-order valence-corrected chi connectivity index (χ0v) is 16.3. The van der Waals surface area contributed by atoms with E-state index in [0.717, 1.165) is 31.7 Å². The number of nitrogens with one attached hydrogen (secondary N) is 1. The smallest absolute Gasteiger partial charge is 0.243 e. The Morgan fingerprint density at radius 2 is 1.58 bits per heavy atom. The van der Waals surface area contributed by atoms with Crippen molar-refractivity contribution in [3.05, 3.63) is 29.8 Å². The molecule has 1 aromatic carbocycles. The second kappa shape index (κ2) is 8.04. The molecular formula is C18H28N4O3S. The van der Waals surface area contributed by atoms with E-state index in [1.807, 2.05) is 26.0 Å². The molecule has 1 aromatic rings. The van der Waals surface area contributed by atoms with Crippen LogP contribution in [0.5, 0.6) is 0 Å². The molecule has 2 saturated heterocycles. The Kier molecular flexibility index (Phi) is 5.96. The summed E-state index contributed by atoms with van der Waals surface area (Å²) in [7, 11) is -3.49. The average Bonchev–Trinajstić information content (AvgIpc) is 2.68. The van der Waals surface area contributed by atoms with Gasteiger partial charge in [-0.2, -0.15) is 4.31 Å². The van der Waals surface area contributed by atoms with E-state index >= 15 is 0 Å². The molecule has 26 heavy (non-hydrogen) atoms. The minimum absolute atomic E-state index is 0.0966. The van der Waals surface area contributed by atoms with Crippen LogP contribution in [0.15, 0.2) is 29.2 Å². The first-order valence-electron chi connectivity index (χ1n) is 9.20. The Bertz CT molecular complexity index is 721. The van der Waals surface area contributed by atoms with Gasteiger partial charge in [-0.05, 0) is 26.0 Å². The molecule has 0 radical (unpaired) electrons. The summed E-state index contributed by atoms with van der Waals surface area (Å²) in [5.74, 6) is 0.0966. The third-order valence-corrected chi connectivity index (χ3v) is 7.18. The van der Waals surface area contributed by atoms with Crippen molar-refractivity contribution < 1.29 is 13.2 Å². The first-order valence-corrected chi connectivity index (χ1v) is 10.6. The van der Waals surface area contributed by atoms with Crippen molar-refractivity contribution in [2.45, 2.75) is 24.8 Å². The quantitative estimate of drug-likeness (QED) is 0.803. The van der Waals surface area contributed by atoms with Crippen LogP contribution in [0, 0.1) is 6.92 Å². The second-order valence-electron chi connectivity index (χ2n) is 7.00. The van der Waals surface area contributed by atoms with Crippen LogP contribution in [0.2, 0.25) is 0 Å². The van der Waals surface area contributed by atoms with Gasteiger partial charge < -0.3 is 10.2 Å². The van der Waals surface area contributed by atoms with Gasteiger partial charge in [-0.3, -0.25) is 9.69 Å². The highest BCUT2D eigenvalue weighted by Crippen LogP contribution is 2.19. The molecule has 1 unspecified atom stereocenters. The van der Waals surface area contributed by atoms with E-state index < -0.39 is 10.0 Å². The lowest BCUT2D eigenvalue weighted by molar-refractivity contribution is -0.137. The average molecular weight is 381 g/mol. The van der Waals surface area contributed by atoms with E-state index in [-0.39, 0.29) is 11.9 Å². The Balaban J connectivity index is 1.59. The number of nitrogens with zero attached hydrogens (tertiary/aromatic N) is 3. The molecule has 0 bridgehead atoms. The number of piperazine rings is 2. The number of sulfonamides is 1. The number of hydrogen-bond donors (Lipinski definition) is 1. The molecule has 1 amide bonds.